The summed E-state index contributed by atoms with van der Waals surface area (Å²) in [5.74, 6) is -0.265. The van der Waals surface area contributed by atoms with E-state index in [0.717, 1.165) is 6.42 Å². The molecule has 1 amide bonds. The van der Waals surface area contributed by atoms with Gasteiger partial charge in [0.15, 0.2) is 0 Å². The highest BCUT2D eigenvalue weighted by Gasteiger charge is 2.03. The van der Waals surface area contributed by atoms with Gasteiger partial charge < -0.3 is 0 Å². The van der Waals surface area contributed by atoms with Gasteiger partial charge in [-0.2, -0.15) is 5.10 Å². The summed E-state index contributed by atoms with van der Waals surface area (Å²) < 4.78 is 0. The van der Waals surface area contributed by atoms with Gasteiger partial charge in [-0.15, -0.1) is 0 Å². The summed E-state index contributed by atoms with van der Waals surface area (Å²) in [4.78, 5) is 11.9. The average Bonchev–Trinajstić information content (AvgIpc) is 2.49. The summed E-state index contributed by atoms with van der Waals surface area (Å²) in [6, 6.07) is 12.5. The van der Waals surface area contributed by atoms with Crippen LogP contribution < -0.4 is 5.43 Å². The van der Waals surface area contributed by atoms with Gasteiger partial charge in [-0.1, -0.05) is 48.3 Å². The van der Waals surface area contributed by atoms with E-state index in [-0.39, 0.29) is 5.91 Å². The predicted octanol–water partition coefficient (Wildman–Crippen LogP) is 4.32. The minimum absolute atomic E-state index is 0.265. The van der Waals surface area contributed by atoms with Gasteiger partial charge in [0.05, 0.1) is 11.2 Å². The Morgan fingerprint density at radius 2 is 1.90 bits per heavy atom. The van der Waals surface area contributed by atoms with E-state index in [4.69, 9.17) is 23.2 Å². The number of hydrazone groups is 1. The molecule has 21 heavy (non-hydrogen) atoms. The quantitative estimate of drug-likeness (QED) is 0.661. The van der Waals surface area contributed by atoms with Crippen molar-refractivity contribution in [1.29, 1.82) is 0 Å². The summed E-state index contributed by atoms with van der Waals surface area (Å²) in [5, 5.41) is 4.93. The molecule has 0 radical (unpaired) electrons. The van der Waals surface area contributed by atoms with Crippen molar-refractivity contribution in [3.05, 3.63) is 69.2 Å². The van der Waals surface area contributed by atoms with Crippen LogP contribution in [0.4, 0.5) is 0 Å². The molecule has 0 aliphatic carbocycles. The molecule has 2 aromatic rings. The van der Waals surface area contributed by atoms with Crippen LogP contribution in [0, 0.1) is 0 Å². The molecule has 3 nitrogen and oxygen atoms in total. The van der Waals surface area contributed by atoms with Crippen molar-refractivity contribution >= 4 is 35.3 Å². The lowest BCUT2D eigenvalue weighted by atomic mass is 10.1. The van der Waals surface area contributed by atoms with Gasteiger partial charge in [-0.05, 0) is 36.2 Å². The summed E-state index contributed by atoms with van der Waals surface area (Å²) >= 11 is 11.8. The molecule has 0 fully saturated rings. The van der Waals surface area contributed by atoms with E-state index in [1.165, 1.54) is 11.8 Å². The first kappa shape index (κ1) is 15.5. The molecule has 1 N–H and O–H groups in total. The van der Waals surface area contributed by atoms with Crippen molar-refractivity contribution in [2.45, 2.75) is 13.3 Å². The van der Waals surface area contributed by atoms with E-state index in [1.807, 2.05) is 12.1 Å². The van der Waals surface area contributed by atoms with Crippen LogP contribution in [0.2, 0.25) is 10.0 Å². The Morgan fingerprint density at radius 1 is 1.19 bits per heavy atom. The number of hydrogen-bond donors (Lipinski definition) is 1. The molecule has 0 aliphatic heterocycles. The molecule has 0 unspecified atom stereocenters. The van der Waals surface area contributed by atoms with Crippen molar-refractivity contribution in [3.8, 4) is 0 Å². The monoisotopic (exact) mass is 320 g/mol. The van der Waals surface area contributed by atoms with E-state index in [0.29, 0.717) is 21.2 Å². The zero-order chi connectivity index (χ0) is 15.2. The fourth-order valence-electron chi connectivity index (χ4n) is 1.72. The number of rotatable bonds is 4. The maximum atomic E-state index is 11.9. The Labute approximate surface area is 133 Å². The molecule has 0 bridgehead atoms. The normalized spacial score (nSPS) is 10.8. The van der Waals surface area contributed by atoms with Crippen molar-refractivity contribution in [2.24, 2.45) is 5.10 Å². The smallest absolute Gasteiger partial charge is 0.267 e. The Morgan fingerprint density at radius 3 is 2.52 bits per heavy atom. The second kappa shape index (κ2) is 7.25. The fourth-order valence-corrected chi connectivity index (χ4v) is 2.18. The Balaban J connectivity index is 2.01. The van der Waals surface area contributed by atoms with Crippen LogP contribution >= 0.6 is 23.2 Å². The highest BCUT2D eigenvalue weighted by Crippen LogP contribution is 2.19. The lowest BCUT2D eigenvalue weighted by molar-refractivity contribution is 0.0955. The molecular formula is C16H14Cl2N2O. The van der Waals surface area contributed by atoms with Gasteiger partial charge in [0.1, 0.15) is 0 Å². The van der Waals surface area contributed by atoms with Crippen molar-refractivity contribution in [2.75, 3.05) is 0 Å². The van der Waals surface area contributed by atoms with Crippen LogP contribution in [0.1, 0.15) is 28.4 Å². The Bertz CT molecular complexity index is 666. The molecule has 5 heteroatoms. The molecule has 0 aliphatic rings. The fraction of sp³-hybridized carbons (Fsp3) is 0.125. The number of nitrogens with zero attached hydrogens (tertiary/aromatic N) is 1. The third kappa shape index (κ3) is 4.31. The van der Waals surface area contributed by atoms with Crippen LogP contribution in [0.3, 0.4) is 0 Å². The van der Waals surface area contributed by atoms with Crippen molar-refractivity contribution < 1.29 is 4.79 Å². The zero-order valence-electron chi connectivity index (χ0n) is 11.4. The average molecular weight is 321 g/mol. The van der Waals surface area contributed by atoms with Crippen molar-refractivity contribution in [3.63, 3.8) is 0 Å². The zero-order valence-corrected chi connectivity index (χ0v) is 12.9. The Kier molecular flexibility index (Phi) is 5.37. The van der Waals surface area contributed by atoms with E-state index in [1.54, 1.807) is 30.3 Å². The van der Waals surface area contributed by atoms with E-state index in [2.05, 4.69) is 17.5 Å². The number of carbonyl (C=O) groups is 1. The summed E-state index contributed by atoms with van der Waals surface area (Å²) in [5.41, 5.74) is 4.89. The third-order valence-electron chi connectivity index (χ3n) is 2.96. The summed E-state index contributed by atoms with van der Waals surface area (Å²) in [6.45, 7) is 2.06. The predicted molar refractivity (Wildman–Crippen MR) is 87.3 cm³/mol. The van der Waals surface area contributed by atoms with E-state index in [9.17, 15) is 4.79 Å². The van der Waals surface area contributed by atoms with Crippen LogP contribution in [-0.2, 0) is 6.42 Å². The minimum Gasteiger partial charge on any atom is -0.267 e. The maximum absolute atomic E-state index is 11.9. The van der Waals surface area contributed by atoms with Crippen LogP contribution in [-0.4, -0.2) is 12.1 Å². The summed E-state index contributed by atoms with van der Waals surface area (Å²) in [6.07, 6.45) is 2.42. The van der Waals surface area contributed by atoms with E-state index >= 15 is 0 Å². The number of carbonyl (C=O) groups excluding carboxylic acids is 1. The molecular weight excluding hydrogens is 307 g/mol. The standard InChI is InChI=1S/C16H14Cl2N2O/c1-2-11-3-5-12(6-4-11)16(21)20-19-10-13-7-8-14(17)9-15(13)18/h3-10H,2H2,1H3,(H,20,21)/b19-10-. The first-order valence-corrected chi connectivity index (χ1v) is 7.23. The minimum atomic E-state index is -0.265. The van der Waals surface area contributed by atoms with Gasteiger partial charge in [0, 0.05) is 16.1 Å². The molecule has 108 valence electrons. The first-order valence-electron chi connectivity index (χ1n) is 6.47. The SMILES string of the molecule is CCc1ccc(C(=O)N/N=C\c2ccc(Cl)cc2Cl)cc1. The second-order valence-corrected chi connectivity index (χ2v) is 5.26. The molecule has 0 saturated carbocycles. The lowest BCUT2D eigenvalue weighted by Crippen LogP contribution is -2.17. The van der Waals surface area contributed by atoms with Crippen molar-refractivity contribution in [1.82, 2.24) is 5.43 Å². The number of benzene rings is 2. The number of aryl methyl sites for hydroxylation is 1. The van der Waals surface area contributed by atoms with Crippen LogP contribution in [0.15, 0.2) is 47.6 Å². The molecule has 0 spiro atoms. The van der Waals surface area contributed by atoms with E-state index < -0.39 is 0 Å². The number of halogens is 2. The largest absolute Gasteiger partial charge is 0.271 e. The van der Waals surface area contributed by atoms with Crippen LogP contribution in [0.25, 0.3) is 0 Å². The lowest BCUT2D eigenvalue weighted by Gasteiger charge is -2.02. The molecule has 2 aromatic carbocycles. The third-order valence-corrected chi connectivity index (χ3v) is 3.52. The molecule has 0 atom stereocenters. The number of amides is 1. The second-order valence-electron chi connectivity index (χ2n) is 4.42. The maximum Gasteiger partial charge on any atom is 0.271 e. The highest BCUT2D eigenvalue weighted by molar-refractivity contribution is 6.36. The molecule has 0 aromatic heterocycles. The molecule has 0 saturated heterocycles. The highest BCUT2D eigenvalue weighted by atomic mass is 35.5. The number of nitrogens with one attached hydrogen (secondary N) is 1. The summed E-state index contributed by atoms with van der Waals surface area (Å²) in [7, 11) is 0. The van der Waals surface area contributed by atoms with Crippen LogP contribution in [0.5, 0.6) is 0 Å². The van der Waals surface area contributed by atoms with Gasteiger partial charge in [-0.25, -0.2) is 5.43 Å². The first-order chi connectivity index (χ1) is 10.1. The van der Waals surface area contributed by atoms with Gasteiger partial charge in [-0.3, -0.25) is 4.79 Å². The molecule has 2 rings (SSSR count). The van der Waals surface area contributed by atoms with Gasteiger partial charge >= 0.3 is 0 Å². The van der Waals surface area contributed by atoms with Gasteiger partial charge in [0.2, 0.25) is 0 Å². The molecule has 0 heterocycles. The van der Waals surface area contributed by atoms with Gasteiger partial charge in [0.25, 0.3) is 5.91 Å². The Hall–Kier alpha value is -1.84. The number of hydrogen-bond acceptors (Lipinski definition) is 2. The topological polar surface area (TPSA) is 41.5 Å².